The quantitative estimate of drug-likeness (QED) is 0.690. The molecule has 0 spiro atoms. The highest BCUT2D eigenvalue weighted by atomic mass is 16.5. The van der Waals surface area contributed by atoms with Gasteiger partial charge in [-0.15, -0.1) is 0 Å². The van der Waals surface area contributed by atoms with E-state index in [1.54, 1.807) is 4.57 Å². The van der Waals surface area contributed by atoms with Crippen molar-refractivity contribution in [2.24, 2.45) is 0 Å². The summed E-state index contributed by atoms with van der Waals surface area (Å²) in [5.41, 5.74) is 6.08. The van der Waals surface area contributed by atoms with Gasteiger partial charge >= 0.3 is 0 Å². The highest BCUT2D eigenvalue weighted by molar-refractivity contribution is 5.71. The molecule has 120 valence electrons. The van der Waals surface area contributed by atoms with Gasteiger partial charge in [-0.3, -0.25) is 13.9 Å². The molecular weight excluding hydrogens is 290 g/mol. The summed E-state index contributed by atoms with van der Waals surface area (Å²) >= 11 is 0. The Bertz CT molecular complexity index is 753. The topological polar surface area (TPSA) is 128 Å². The van der Waals surface area contributed by atoms with Crippen LogP contribution in [0.2, 0.25) is 0 Å². The second-order valence-electron chi connectivity index (χ2n) is 5.68. The van der Waals surface area contributed by atoms with Crippen LogP contribution in [-0.2, 0) is 4.74 Å². The van der Waals surface area contributed by atoms with E-state index in [1.807, 2.05) is 13.8 Å². The van der Waals surface area contributed by atoms with E-state index in [1.165, 1.54) is 10.9 Å². The second kappa shape index (κ2) is 5.34. The van der Waals surface area contributed by atoms with Gasteiger partial charge in [-0.2, -0.15) is 4.98 Å². The van der Waals surface area contributed by atoms with Crippen molar-refractivity contribution in [2.45, 2.75) is 44.7 Å². The molecule has 1 aliphatic heterocycles. The molecule has 9 heteroatoms. The minimum atomic E-state index is -0.777. The van der Waals surface area contributed by atoms with Crippen LogP contribution in [0.25, 0.3) is 11.2 Å². The van der Waals surface area contributed by atoms with Crippen molar-refractivity contribution in [3.63, 3.8) is 0 Å². The molecule has 0 saturated carbocycles. The van der Waals surface area contributed by atoms with Crippen molar-refractivity contribution in [1.82, 2.24) is 19.1 Å². The van der Waals surface area contributed by atoms with E-state index in [4.69, 9.17) is 15.6 Å². The number of aliphatic hydroxyl groups is 2. The van der Waals surface area contributed by atoms with E-state index in [9.17, 15) is 9.90 Å². The fourth-order valence-electron chi connectivity index (χ4n) is 2.76. The van der Waals surface area contributed by atoms with Crippen molar-refractivity contribution in [2.75, 3.05) is 12.3 Å². The second-order valence-corrected chi connectivity index (χ2v) is 5.68. The number of rotatable bonds is 3. The predicted molar refractivity (Wildman–Crippen MR) is 78.2 cm³/mol. The van der Waals surface area contributed by atoms with Crippen molar-refractivity contribution >= 4 is 17.1 Å². The van der Waals surface area contributed by atoms with Crippen molar-refractivity contribution in [3.8, 4) is 0 Å². The molecule has 0 radical (unpaired) electrons. The van der Waals surface area contributed by atoms with Crippen molar-refractivity contribution in [1.29, 1.82) is 0 Å². The standard InChI is InChI=1S/C13H19N5O4/c1-6(2)18-12(21)10-11(16-13(18)14)17(5-15-10)9-3-7(20)8(4-19)22-9/h5-9,19-20H,3-4H2,1-2H3,(H2,14,16)/t7-,8+,9+/m0/s1. The minimum absolute atomic E-state index is 0.103. The number of imidazole rings is 1. The Morgan fingerprint density at radius 2 is 2.27 bits per heavy atom. The summed E-state index contributed by atoms with van der Waals surface area (Å²) in [5.74, 6) is 0.103. The number of hydrogen-bond donors (Lipinski definition) is 3. The van der Waals surface area contributed by atoms with Crippen molar-refractivity contribution in [3.05, 3.63) is 16.7 Å². The number of aromatic nitrogens is 4. The molecule has 2 aromatic rings. The molecule has 4 N–H and O–H groups in total. The van der Waals surface area contributed by atoms with Crippen LogP contribution in [0, 0.1) is 0 Å². The van der Waals surface area contributed by atoms with Gasteiger partial charge in [0.25, 0.3) is 5.56 Å². The Kier molecular flexibility index (Phi) is 3.63. The smallest absolute Gasteiger partial charge is 0.283 e. The summed E-state index contributed by atoms with van der Waals surface area (Å²) in [5, 5.41) is 19.0. The third kappa shape index (κ3) is 2.18. The van der Waals surface area contributed by atoms with E-state index < -0.39 is 18.4 Å². The maximum Gasteiger partial charge on any atom is 0.283 e. The molecule has 0 amide bonds. The maximum atomic E-state index is 12.4. The number of nitrogens with two attached hydrogens (primary N) is 1. The predicted octanol–water partition coefficient (Wildman–Crippen LogP) is -0.603. The van der Waals surface area contributed by atoms with Crippen LogP contribution in [0.4, 0.5) is 5.95 Å². The molecule has 0 aliphatic carbocycles. The number of nitrogen functional groups attached to an aromatic ring is 1. The fourth-order valence-corrected chi connectivity index (χ4v) is 2.76. The Morgan fingerprint density at radius 1 is 1.55 bits per heavy atom. The van der Waals surface area contributed by atoms with E-state index in [0.29, 0.717) is 5.65 Å². The van der Waals surface area contributed by atoms with Gasteiger partial charge in [0.1, 0.15) is 12.3 Å². The summed E-state index contributed by atoms with van der Waals surface area (Å²) in [6.45, 7) is 3.40. The summed E-state index contributed by atoms with van der Waals surface area (Å²) in [6, 6.07) is -0.127. The van der Waals surface area contributed by atoms with E-state index in [-0.39, 0.29) is 36.1 Å². The number of aliphatic hydroxyl groups excluding tert-OH is 2. The van der Waals surface area contributed by atoms with E-state index >= 15 is 0 Å². The van der Waals surface area contributed by atoms with Gasteiger partial charge in [-0.05, 0) is 13.8 Å². The Balaban J connectivity index is 2.09. The molecular formula is C13H19N5O4. The first kappa shape index (κ1) is 14.9. The highest BCUT2D eigenvalue weighted by Crippen LogP contribution is 2.30. The number of fused-ring (bicyclic) bond motifs is 1. The van der Waals surface area contributed by atoms with Crippen LogP contribution in [-0.4, -0.2) is 48.1 Å². The molecule has 3 rings (SSSR count). The third-order valence-corrected chi connectivity index (χ3v) is 3.87. The Hall–Kier alpha value is -1.97. The minimum Gasteiger partial charge on any atom is -0.394 e. The lowest BCUT2D eigenvalue weighted by molar-refractivity contribution is -0.0432. The zero-order valence-corrected chi connectivity index (χ0v) is 12.4. The largest absolute Gasteiger partial charge is 0.394 e. The van der Waals surface area contributed by atoms with Crippen LogP contribution >= 0.6 is 0 Å². The monoisotopic (exact) mass is 309 g/mol. The first-order chi connectivity index (χ1) is 10.4. The van der Waals surface area contributed by atoms with Gasteiger partial charge in [0.2, 0.25) is 5.95 Å². The van der Waals surface area contributed by atoms with Gasteiger partial charge in [0, 0.05) is 12.5 Å². The highest BCUT2D eigenvalue weighted by Gasteiger charge is 2.35. The fraction of sp³-hybridized carbons (Fsp3) is 0.615. The molecule has 1 aliphatic rings. The summed E-state index contributed by atoms with van der Waals surface area (Å²) in [4.78, 5) is 20.8. The first-order valence-corrected chi connectivity index (χ1v) is 7.13. The van der Waals surface area contributed by atoms with Gasteiger partial charge in [-0.1, -0.05) is 0 Å². The summed E-state index contributed by atoms with van der Waals surface area (Å²) in [7, 11) is 0. The molecule has 1 fully saturated rings. The van der Waals surface area contributed by atoms with Crippen LogP contribution in [0.1, 0.15) is 32.5 Å². The Labute approximate surface area is 126 Å². The molecule has 0 aromatic carbocycles. The molecule has 3 atom stereocenters. The molecule has 3 heterocycles. The number of nitrogens with zero attached hydrogens (tertiary/aromatic N) is 4. The lowest BCUT2D eigenvalue weighted by Crippen LogP contribution is -2.26. The van der Waals surface area contributed by atoms with Crippen LogP contribution in [0.3, 0.4) is 0 Å². The van der Waals surface area contributed by atoms with Crippen molar-refractivity contribution < 1.29 is 14.9 Å². The first-order valence-electron chi connectivity index (χ1n) is 7.13. The van der Waals surface area contributed by atoms with Gasteiger partial charge in [-0.25, -0.2) is 4.98 Å². The van der Waals surface area contributed by atoms with Gasteiger partial charge in [0.05, 0.1) is 19.0 Å². The molecule has 1 saturated heterocycles. The maximum absolute atomic E-state index is 12.4. The average molecular weight is 309 g/mol. The number of hydrogen-bond acceptors (Lipinski definition) is 7. The molecule has 2 aromatic heterocycles. The molecule has 0 unspecified atom stereocenters. The average Bonchev–Trinajstić information content (AvgIpc) is 3.01. The van der Waals surface area contributed by atoms with Gasteiger partial charge < -0.3 is 20.7 Å². The summed E-state index contributed by atoms with van der Waals surface area (Å²) in [6.07, 6.45) is -0.249. The zero-order valence-electron chi connectivity index (χ0n) is 12.4. The summed E-state index contributed by atoms with van der Waals surface area (Å²) < 4.78 is 8.51. The van der Waals surface area contributed by atoms with Gasteiger partial charge in [0.15, 0.2) is 11.2 Å². The van der Waals surface area contributed by atoms with Crippen LogP contribution < -0.4 is 11.3 Å². The van der Waals surface area contributed by atoms with Crippen LogP contribution in [0.5, 0.6) is 0 Å². The third-order valence-electron chi connectivity index (χ3n) is 3.87. The molecule has 9 nitrogen and oxygen atoms in total. The Morgan fingerprint density at radius 3 is 2.86 bits per heavy atom. The normalized spacial score (nSPS) is 25.4. The number of anilines is 1. The lowest BCUT2D eigenvalue weighted by Gasteiger charge is -2.15. The van der Waals surface area contributed by atoms with Crippen LogP contribution in [0.15, 0.2) is 11.1 Å². The molecule has 0 bridgehead atoms. The lowest BCUT2D eigenvalue weighted by atomic mass is 10.2. The molecule has 22 heavy (non-hydrogen) atoms. The van der Waals surface area contributed by atoms with E-state index in [0.717, 1.165) is 0 Å². The SMILES string of the molecule is CC(C)n1c(N)nc2c(ncn2[C@H]2C[C@H](O)[C@@H](CO)O2)c1=O. The number of ether oxygens (including phenoxy) is 1. The zero-order chi connectivity index (χ0) is 16.0. The van der Waals surface area contributed by atoms with E-state index in [2.05, 4.69) is 9.97 Å².